The Labute approximate surface area is 101 Å². The third-order valence-electron chi connectivity index (χ3n) is 2.30. The van der Waals surface area contributed by atoms with Crippen LogP contribution in [0, 0.1) is 5.82 Å². The summed E-state index contributed by atoms with van der Waals surface area (Å²) in [6.45, 7) is 3.32. The van der Waals surface area contributed by atoms with E-state index in [1.54, 1.807) is 19.3 Å². The molecule has 0 saturated carbocycles. The molecule has 1 rings (SSSR count). The van der Waals surface area contributed by atoms with E-state index in [1.807, 2.05) is 0 Å². The van der Waals surface area contributed by atoms with Crippen LogP contribution >= 0.6 is 0 Å². The van der Waals surface area contributed by atoms with Crippen molar-refractivity contribution in [2.45, 2.75) is 26.3 Å². The first-order chi connectivity index (χ1) is 8.27. The van der Waals surface area contributed by atoms with Crippen LogP contribution in [0.3, 0.4) is 0 Å². The highest BCUT2D eigenvalue weighted by Crippen LogP contribution is 2.01. The number of aliphatic imine (C=N–C) groups is 1. The van der Waals surface area contributed by atoms with Gasteiger partial charge in [0.1, 0.15) is 5.82 Å². The minimum atomic E-state index is -0.302. The van der Waals surface area contributed by atoms with Crippen molar-refractivity contribution in [3.8, 4) is 0 Å². The second-order valence-corrected chi connectivity index (χ2v) is 3.64. The highest BCUT2D eigenvalue weighted by atomic mass is 19.1. The van der Waals surface area contributed by atoms with Crippen molar-refractivity contribution in [2.24, 2.45) is 4.99 Å². The molecule has 94 valence electrons. The van der Waals surface area contributed by atoms with Crippen LogP contribution in [0.4, 0.5) is 4.39 Å². The van der Waals surface area contributed by atoms with Gasteiger partial charge in [0.2, 0.25) is 0 Å². The molecule has 0 spiro atoms. The highest BCUT2D eigenvalue weighted by Gasteiger charge is 2.03. The predicted octanol–water partition coefficient (Wildman–Crippen LogP) is 1.69. The van der Waals surface area contributed by atoms with Gasteiger partial charge in [-0.3, -0.25) is 9.98 Å². The van der Waals surface area contributed by atoms with Crippen molar-refractivity contribution in [1.82, 2.24) is 15.6 Å². The van der Waals surface area contributed by atoms with Crippen molar-refractivity contribution < 1.29 is 4.39 Å². The van der Waals surface area contributed by atoms with Gasteiger partial charge in [-0.15, -0.1) is 0 Å². The van der Waals surface area contributed by atoms with E-state index in [0.29, 0.717) is 18.2 Å². The number of hydrogen-bond donors (Lipinski definition) is 2. The molecular formula is C12H19FN4. The van der Waals surface area contributed by atoms with Gasteiger partial charge in [-0.1, -0.05) is 13.3 Å². The van der Waals surface area contributed by atoms with E-state index < -0.39 is 0 Å². The summed E-state index contributed by atoms with van der Waals surface area (Å²) in [4.78, 5) is 8.01. The molecule has 17 heavy (non-hydrogen) atoms. The lowest BCUT2D eigenvalue weighted by Gasteiger charge is -2.11. The molecule has 1 aromatic rings. The Morgan fingerprint density at radius 1 is 1.47 bits per heavy atom. The third kappa shape index (κ3) is 4.80. The second kappa shape index (κ2) is 7.60. The fourth-order valence-corrected chi connectivity index (χ4v) is 1.32. The third-order valence-corrected chi connectivity index (χ3v) is 2.30. The molecule has 2 N–H and O–H groups in total. The SMILES string of the molecule is CCCCNC(=NC)NCc1ncccc1F. The lowest BCUT2D eigenvalue weighted by Crippen LogP contribution is -2.37. The molecule has 0 aliphatic rings. The first-order valence-electron chi connectivity index (χ1n) is 5.81. The number of rotatable bonds is 5. The van der Waals surface area contributed by atoms with Crippen molar-refractivity contribution in [3.63, 3.8) is 0 Å². The molecule has 5 heteroatoms. The van der Waals surface area contributed by atoms with Crippen LogP contribution in [-0.4, -0.2) is 24.5 Å². The van der Waals surface area contributed by atoms with Gasteiger partial charge in [-0.2, -0.15) is 0 Å². The Bertz CT molecular complexity index is 365. The number of hydrogen-bond acceptors (Lipinski definition) is 2. The second-order valence-electron chi connectivity index (χ2n) is 3.64. The van der Waals surface area contributed by atoms with E-state index in [-0.39, 0.29) is 5.82 Å². The van der Waals surface area contributed by atoms with E-state index in [2.05, 4.69) is 27.5 Å². The lowest BCUT2D eigenvalue weighted by molar-refractivity contribution is 0.592. The fraction of sp³-hybridized carbons (Fsp3) is 0.500. The molecular weight excluding hydrogens is 219 g/mol. The van der Waals surface area contributed by atoms with E-state index in [0.717, 1.165) is 19.4 Å². The van der Waals surface area contributed by atoms with E-state index in [4.69, 9.17) is 0 Å². The van der Waals surface area contributed by atoms with Gasteiger partial charge in [-0.25, -0.2) is 4.39 Å². The first kappa shape index (κ1) is 13.4. The van der Waals surface area contributed by atoms with Crippen LogP contribution in [-0.2, 0) is 6.54 Å². The summed E-state index contributed by atoms with van der Waals surface area (Å²) in [7, 11) is 1.69. The maximum Gasteiger partial charge on any atom is 0.191 e. The summed E-state index contributed by atoms with van der Waals surface area (Å²) >= 11 is 0. The average molecular weight is 238 g/mol. The largest absolute Gasteiger partial charge is 0.356 e. The maximum absolute atomic E-state index is 13.3. The number of aromatic nitrogens is 1. The Balaban J connectivity index is 2.40. The zero-order valence-electron chi connectivity index (χ0n) is 10.3. The predicted molar refractivity (Wildman–Crippen MR) is 67.3 cm³/mol. The average Bonchev–Trinajstić information content (AvgIpc) is 2.35. The summed E-state index contributed by atoms with van der Waals surface area (Å²) in [6, 6.07) is 2.98. The zero-order chi connectivity index (χ0) is 12.5. The normalized spacial score (nSPS) is 11.4. The summed E-state index contributed by atoms with van der Waals surface area (Å²) in [5.41, 5.74) is 0.394. The summed E-state index contributed by atoms with van der Waals surface area (Å²) in [5, 5.41) is 6.17. The van der Waals surface area contributed by atoms with Crippen LogP contribution in [0.2, 0.25) is 0 Å². The van der Waals surface area contributed by atoms with Gasteiger partial charge in [0.15, 0.2) is 5.96 Å². The fourth-order valence-electron chi connectivity index (χ4n) is 1.32. The van der Waals surface area contributed by atoms with Gasteiger partial charge in [-0.05, 0) is 18.6 Å². The Morgan fingerprint density at radius 2 is 2.29 bits per heavy atom. The van der Waals surface area contributed by atoms with Crippen LogP contribution in [0.1, 0.15) is 25.5 Å². The van der Waals surface area contributed by atoms with Gasteiger partial charge in [0, 0.05) is 19.8 Å². The van der Waals surface area contributed by atoms with E-state index >= 15 is 0 Å². The summed E-state index contributed by atoms with van der Waals surface area (Å²) in [5.74, 6) is 0.368. The van der Waals surface area contributed by atoms with Crippen LogP contribution in [0.25, 0.3) is 0 Å². The number of nitrogens with one attached hydrogen (secondary N) is 2. The maximum atomic E-state index is 13.3. The first-order valence-corrected chi connectivity index (χ1v) is 5.81. The van der Waals surface area contributed by atoms with E-state index in [1.165, 1.54) is 6.07 Å². The Morgan fingerprint density at radius 3 is 2.94 bits per heavy atom. The molecule has 0 aliphatic heterocycles. The van der Waals surface area contributed by atoms with Crippen LogP contribution < -0.4 is 10.6 Å². The number of unbranched alkanes of at least 4 members (excludes halogenated alkanes) is 1. The molecule has 0 bridgehead atoms. The molecule has 0 fully saturated rings. The number of guanidine groups is 1. The van der Waals surface area contributed by atoms with Gasteiger partial charge in [0.05, 0.1) is 12.2 Å². The molecule has 0 saturated heterocycles. The molecule has 0 amide bonds. The van der Waals surface area contributed by atoms with Crippen molar-refractivity contribution in [2.75, 3.05) is 13.6 Å². The monoisotopic (exact) mass is 238 g/mol. The number of nitrogens with zero attached hydrogens (tertiary/aromatic N) is 2. The molecule has 0 aromatic carbocycles. The van der Waals surface area contributed by atoms with Crippen molar-refractivity contribution in [3.05, 3.63) is 29.8 Å². The molecule has 1 aromatic heterocycles. The minimum absolute atomic E-state index is 0.302. The standard InChI is InChI=1S/C12H19FN4/c1-3-4-7-16-12(14-2)17-9-11-10(13)6-5-8-15-11/h5-6,8H,3-4,7,9H2,1-2H3,(H2,14,16,17). The molecule has 0 radical (unpaired) electrons. The van der Waals surface area contributed by atoms with Gasteiger partial charge < -0.3 is 10.6 Å². The Kier molecular flexibility index (Phi) is 5.99. The van der Waals surface area contributed by atoms with Gasteiger partial charge >= 0.3 is 0 Å². The topological polar surface area (TPSA) is 49.3 Å². The molecule has 1 heterocycles. The molecule has 0 unspecified atom stereocenters. The molecule has 4 nitrogen and oxygen atoms in total. The summed E-state index contributed by atoms with van der Waals surface area (Å²) in [6.07, 6.45) is 3.78. The number of halogens is 1. The quantitative estimate of drug-likeness (QED) is 0.466. The minimum Gasteiger partial charge on any atom is -0.356 e. The Hall–Kier alpha value is -1.65. The zero-order valence-corrected chi connectivity index (χ0v) is 10.3. The van der Waals surface area contributed by atoms with Crippen molar-refractivity contribution >= 4 is 5.96 Å². The molecule has 0 atom stereocenters. The van der Waals surface area contributed by atoms with E-state index in [9.17, 15) is 4.39 Å². The van der Waals surface area contributed by atoms with Crippen molar-refractivity contribution in [1.29, 1.82) is 0 Å². The smallest absolute Gasteiger partial charge is 0.191 e. The van der Waals surface area contributed by atoms with Gasteiger partial charge in [0.25, 0.3) is 0 Å². The highest BCUT2D eigenvalue weighted by molar-refractivity contribution is 5.79. The van der Waals surface area contributed by atoms with Crippen LogP contribution in [0.5, 0.6) is 0 Å². The molecule has 0 aliphatic carbocycles. The number of pyridine rings is 1. The lowest BCUT2D eigenvalue weighted by atomic mass is 10.3. The van der Waals surface area contributed by atoms with Crippen LogP contribution in [0.15, 0.2) is 23.3 Å². The summed E-state index contributed by atoms with van der Waals surface area (Å²) < 4.78 is 13.3.